The highest BCUT2D eigenvalue weighted by Crippen LogP contribution is 2.31. The topological polar surface area (TPSA) is 36.4 Å². The van der Waals surface area contributed by atoms with Crippen molar-refractivity contribution >= 4 is 16.5 Å². The number of thiazole rings is 1. The molecule has 0 amide bonds. The quantitative estimate of drug-likeness (QED) is 0.841. The lowest BCUT2D eigenvalue weighted by Gasteiger charge is -2.11. The van der Waals surface area contributed by atoms with Crippen LogP contribution in [0.25, 0.3) is 0 Å². The maximum absolute atomic E-state index is 9.28. The Balaban J connectivity index is 3.00. The second-order valence-electron chi connectivity index (χ2n) is 3.79. The van der Waals surface area contributed by atoms with Gasteiger partial charge in [0.2, 0.25) is 0 Å². The van der Waals surface area contributed by atoms with Gasteiger partial charge in [0.15, 0.2) is 5.13 Å². The highest BCUT2D eigenvalue weighted by molar-refractivity contribution is 7.15. The number of anilines is 1. The highest BCUT2D eigenvalue weighted by atomic mass is 32.1. The SMILES string of the molecule is CCC(C)c1nc(N(C)CC)sc1CO. The van der Waals surface area contributed by atoms with E-state index in [0.29, 0.717) is 5.92 Å². The Hall–Kier alpha value is -0.610. The van der Waals surface area contributed by atoms with Crippen LogP contribution in [0, 0.1) is 0 Å². The average Bonchev–Trinajstić information content (AvgIpc) is 2.70. The standard InChI is InChI=1S/C11H20N2OS/c1-5-8(3)10-9(7-14)15-11(12-10)13(4)6-2/h8,14H,5-7H2,1-4H3. The third-order valence-corrected chi connectivity index (χ3v) is 3.91. The monoisotopic (exact) mass is 228 g/mol. The van der Waals surface area contributed by atoms with Crippen molar-refractivity contribution in [2.75, 3.05) is 18.5 Å². The molecule has 0 aliphatic carbocycles. The molecule has 86 valence electrons. The Morgan fingerprint density at radius 3 is 2.60 bits per heavy atom. The zero-order valence-corrected chi connectivity index (χ0v) is 10.8. The minimum absolute atomic E-state index is 0.106. The van der Waals surface area contributed by atoms with Gasteiger partial charge in [0.1, 0.15) is 0 Å². The van der Waals surface area contributed by atoms with E-state index in [9.17, 15) is 5.11 Å². The Labute approximate surface area is 95.8 Å². The second kappa shape index (κ2) is 5.47. The molecule has 0 spiro atoms. The molecule has 0 saturated carbocycles. The lowest BCUT2D eigenvalue weighted by atomic mass is 10.0. The van der Waals surface area contributed by atoms with Crippen molar-refractivity contribution in [3.8, 4) is 0 Å². The van der Waals surface area contributed by atoms with Gasteiger partial charge >= 0.3 is 0 Å². The van der Waals surface area contributed by atoms with Gasteiger partial charge in [-0.1, -0.05) is 25.2 Å². The van der Waals surface area contributed by atoms with Crippen molar-refractivity contribution in [2.24, 2.45) is 0 Å². The maximum atomic E-state index is 9.28. The third kappa shape index (κ3) is 2.69. The van der Waals surface area contributed by atoms with Crippen LogP contribution in [0.2, 0.25) is 0 Å². The fourth-order valence-corrected chi connectivity index (χ4v) is 2.41. The summed E-state index contributed by atoms with van der Waals surface area (Å²) in [5.41, 5.74) is 1.07. The first kappa shape index (κ1) is 12.5. The number of aromatic nitrogens is 1. The summed E-state index contributed by atoms with van der Waals surface area (Å²) in [6.07, 6.45) is 1.06. The number of nitrogens with zero attached hydrogens (tertiary/aromatic N) is 2. The van der Waals surface area contributed by atoms with E-state index < -0.39 is 0 Å². The van der Waals surface area contributed by atoms with Gasteiger partial charge in [-0.3, -0.25) is 0 Å². The Morgan fingerprint density at radius 1 is 1.47 bits per heavy atom. The molecular formula is C11H20N2OS. The van der Waals surface area contributed by atoms with E-state index in [0.717, 1.165) is 28.7 Å². The van der Waals surface area contributed by atoms with Gasteiger partial charge in [-0.05, 0) is 19.3 Å². The first-order valence-corrected chi connectivity index (χ1v) is 6.27. The molecule has 1 atom stereocenters. The van der Waals surface area contributed by atoms with Crippen LogP contribution in [0.3, 0.4) is 0 Å². The summed E-state index contributed by atoms with van der Waals surface area (Å²) in [5.74, 6) is 0.433. The van der Waals surface area contributed by atoms with Gasteiger partial charge in [-0.25, -0.2) is 4.98 Å². The molecule has 1 aromatic rings. The van der Waals surface area contributed by atoms with E-state index in [2.05, 4.69) is 30.7 Å². The van der Waals surface area contributed by atoms with Crippen molar-refractivity contribution < 1.29 is 5.11 Å². The zero-order valence-electron chi connectivity index (χ0n) is 9.95. The Morgan fingerprint density at radius 2 is 2.13 bits per heavy atom. The van der Waals surface area contributed by atoms with Crippen molar-refractivity contribution in [3.63, 3.8) is 0 Å². The normalized spacial score (nSPS) is 12.9. The fourth-order valence-electron chi connectivity index (χ4n) is 1.34. The molecule has 15 heavy (non-hydrogen) atoms. The number of aliphatic hydroxyl groups excluding tert-OH is 1. The van der Waals surface area contributed by atoms with Crippen LogP contribution in [0.1, 0.15) is 43.7 Å². The van der Waals surface area contributed by atoms with Crippen LogP contribution in [-0.2, 0) is 6.61 Å². The van der Waals surface area contributed by atoms with Crippen molar-refractivity contribution in [1.29, 1.82) is 0 Å². The van der Waals surface area contributed by atoms with Crippen molar-refractivity contribution in [3.05, 3.63) is 10.6 Å². The fraction of sp³-hybridized carbons (Fsp3) is 0.727. The summed E-state index contributed by atoms with van der Waals surface area (Å²) in [7, 11) is 2.03. The number of hydrogen-bond acceptors (Lipinski definition) is 4. The van der Waals surface area contributed by atoms with Gasteiger partial charge < -0.3 is 10.0 Å². The van der Waals surface area contributed by atoms with E-state index in [1.165, 1.54) is 0 Å². The van der Waals surface area contributed by atoms with Gasteiger partial charge in [0, 0.05) is 13.6 Å². The largest absolute Gasteiger partial charge is 0.391 e. The molecule has 0 fully saturated rings. The lowest BCUT2D eigenvalue weighted by Crippen LogP contribution is -2.15. The molecule has 0 aromatic carbocycles. The van der Waals surface area contributed by atoms with E-state index in [-0.39, 0.29) is 6.61 Å². The van der Waals surface area contributed by atoms with Gasteiger partial charge in [0.25, 0.3) is 0 Å². The van der Waals surface area contributed by atoms with E-state index >= 15 is 0 Å². The molecule has 1 aromatic heterocycles. The van der Waals surface area contributed by atoms with Crippen LogP contribution < -0.4 is 4.90 Å². The number of hydrogen-bond donors (Lipinski definition) is 1. The lowest BCUT2D eigenvalue weighted by molar-refractivity contribution is 0.283. The third-order valence-electron chi connectivity index (χ3n) is 2.74. The van der Waals surface area contributed by atoms with Crippen LogP contribution in [0.15, 0.2) is 0 Å². The molecule has 0 bridgehead atoms. The molecule has 0 aliphatic heterocycles. The molecule has 0 aliphatic rings. The molecule has 0 saturated heterocycles. The van der Waals surface area contributed by atoms with Crippen LogP contribution in [0.5, 0.6) is 0 Å². The van der Waals surface area contributed by atoms with Gasteiger partial charge in [-0.15, -0.1) is 0 Å². The van der Waals surface area contributed by atoms with Gasteiger partial charge in [-0.2, -0.15) is 0 Å². The molecule has 0 radical (unpaired) electrons. The molecule has 3 nitrogen and oxygen atoms in total. The predicted molar refractivity (Wildman–Crippen MR) is 65.7 cm³/mol. The first-order valence-electron chi connectivity index (χ1n) is 5.45. The minimum Gasteiger partial charge on any atom is -0.391 e. The number of aliphatic hydroxyl groups is 1. The van der Waals surface area contributed by atoms with Crippen molar-refractivity contribution in [2.45, 2.75) is 39.7 Å². The molecule has 4 heteroatoms. The summed E-state index contributed by atoms with van der Waals surface area (Å²) in [4.78, 5) is 7.73. The Bertz CT molecular complexity index is 312. The van der Waals surface area contributed by atoms with Crippen LogP contribution in [-0.4, -0.2) is 23.7 Å². The average molecular weight is 228 g/mol. The summed E-state index contributed by atoms with van der Waals surface area (Å²) in [5, 5.41) is 10.3. The van der Waals surface area contributed by atoms with E-state index in [1.54, 1.807) is 11.3 Å². The predicted octanol–water partition coefficient (Wildman–Crippen LogP) is 2.61. The Kier molecular flexibility index (Phi) is 4.54. The van der Waals surface area contributed by atoms with Gasteiger partial charge in [0.05, 0.1) is 17.2 Å². The molecule has 1 rings (SSSR count). The number of rotatable bonds is 5. The van der Waals surface area contributed by atoms with Crippen LogP contribution in [0.4, 0.5) is 5.13 Å². The molecular weight excluding hydrogens is 208 g/mol. The zero-order chi connectivity index (χ0) is 11.4. The minimum atomic E-state index is 0.106. The van der Waals surface area contributed by atoms with E-state index in [4.69, 9.17) is 0 Å². The smallest absolute Gasteiger partial charge is 0.185 e. The maximum Gasteiger partial charge on any atom is 0.185 e. The van der Waals surface area contributed by atoms with Crippen molar-refractivity contribution in [1.82, 2.24) is 4.98 Å². The van der Waals surface area contributed by atoms with E-state index in [1.807, 2.05) is 7.05 Å². The highest BCUT2D eigenvalue weighted by Gasteiger charge is 2.16. The molecule has 1 heterocycles. The summed E-state index contributed by atoms with van der Waals surface area (Å²) < 4.78 is 0. The molecule has 1 N–H and O–H groups in total. The second-order valence-corrected chi connectivity index (χ2v) is 4.85. The summed E-state index contributed by atoms with van der Waals surface area (Å²) in [6, 6.07) is 0. The summed E-state index contributed by atoms with van der Waals surface area (Å²) in [6.45, 7) is 7.45. The molecule has 1 unspecified atom stereocenters. The summed E-state index contributed by atoms with van der Waals surface area (Å²) >= 11 is 1.60. The van der Waals surface area contributed by atoms with Crippen LogP contribution >= 0.6 is 11.3 Å². The first-order chi connectivity index (χ1) is 7.13.